The lowest BCUT2D eigenvalue weighted by atomic mass is 9.96. The molecule has 6 nitrogen and oxygen atoms in total. The monoisotopic (exact) mass is 336 g/mol. The van der Waals surface area contributed by atoms with E-state index in [0.29, 0.717) is 5.92 Å². The smallest absolute Gasteiger partial charge is 0.137 e. The van der Waals surface area contributed by atoms with Crippen LogP contribution in [0, 0.1) is 0 Å². The van der Waals surface area contributed by atoms with Crippen molar-refractivity contribution in [2.75, 3.05) is 13.1 Å². The van der Waals surface area contributed by atoms with Crippen LogP contribution >= 0.6 is 0 Å². The Morgan fingerprint density at radius 2 is 2.12 bits per heavy atom. The van der Waals surface area contributed by atoms with Crippen LogP contribution in [0.25, 0.3) is 11.3 Å². The highest BCUT2D eigenvalue weighted by molar-refractivity contribution is 5.62. The predicted octanol–water partition coefficient (Wildman–Crippen LogP) is 3.07. The normalized spacial score (nSPS) is 18.5. The number of aromatic amines is 1. The number of aromatic nitrogens is 5. The van der Waals surface area contributed by atoms with Gasteiger partial charge < -0.3 is 4.57 Å². The maximum atomic E-state index is 4.38. The van der Waals surface area contributed by atoms with Crippen LogP contribution in [0.3, 0.4) is 0 Å². The maximum absolute atomic E-state index is 4.38. The van der Waals surface area contributed by atoms with E-state index in [9.17, 15) is 0 Å². The Balaban J connectivity index is 1.50. The summed E-state index contributed by atoms with van der Waals surface area (Å²) in [6, 6.07) is 10.4. The molecule has 1 aliphatic rings. The second kappa shape index (κ2) is 7.19. The number of hydrogen-bond donors (Lipinski definition) is 1. The Morgan fingerprint density at radius 1 is 1.24 bits per heavy atom. The fraction of sp³-hybridized carbons (Fsp3) is 0.421. The predicted molar refractivity (Wildman–Crippen MR) is 97.0 cm³/mol. The van der Waals surface area contributed by atoms with Crippen molar-refractivity contribution in [3.8, 4) is 11.3 Å². The van der Waals surface area contributed by atoms with Gasteiger partial charge in [-0.25, -0.2) is 0 Å². The topological polar surface area (TPSA) is 62.6 Å². The van der Waals surface area contributed by atoms with E-state index in [-0.39, 0.29) is 0 Å². The van der Waals surface area contributed by atoms with E-state index >= 15 is 0 Å². The number of hydrogen-bond acceptors (Lipinski definition) is 4. The molecule has 25 heavy (non-hydrogen) atoms. The first-order chi connectivity index (χ1) is 12.3. The molecule has 3 heterocycles. The Morgan fingerprint density at radius 3 is 2.96 bits per heavy atom. The molecule has 130 valence electrons. The summed E-state index contributed by atoms with van der Waals surface area (Å²) in [5.41, 5.74) is 3.57. The lowest BCUT2D eigenvalue weighted by Gasteiger charge is -2.32. The third kappa shape index (κ3) is 3.35. The highest BCUT2D eigenvalue weighted by atomic mass is 15.3. The first-order valence-electron chi connectivity index (χ1n) is 9.03. The zero-order valence-electron chi connectivity index (χ0n) is 14.6. The van der Waals surface area contributed by atoms with Gasteiger partial charge in [0.05, 0.1) is 11.9 Å². The summed E-state index contributed by atoms with van der Waals surface area (Å²) in [4.78, 5) is 2.51. The van der Waals surface area contributed by atoms with Gasteiger partial charge in [0.15, 0.2) is 0 Å². The molecule has 1 aromatic carbocycles. The van der Waals surface area contributed by atoms with Crippen molar-refractivity contribution in [2.45, 2.75) is 38.8 Å². The fourth-order valence-corrected chi connectivity index (χ4v) is 3.76. The molecule has 0 bridgehead atoms. The number of nitrogens with zero attached hydrogens (tertiary/aromatic N) is 5. The summed E-state index contributed by atoms with van der Waals surface area (Å²) < 4.78 is 2.17. The number of aryl methyl sites for hydroxylation is 1. The van der Waals surface area contributed by atoms with Crippen molar-refractivity contribution < 1.29 is 0 Å². The van der Waals surface area contributed by atoms with Crippen molar-refractivity contribution in [2.24, 2.45) is 0 Å². The molecule has 1 N–H and O–H groups in total. The molecule has 0 spiro atoms. The first-order valence-corrected chi connectivity index (χ1v) is 9.03. The van der Waals surface area contributed by atoms with Crippen LogP contribution in [0.1, 0.15) is 37.1 Å². The molecule has 1 unspecified atom stereocenters. The molecule has 0 aliphatic carbocycles. The van der Waals surface area contributed by atoms with Gasteiger partial charge in [-0.2, -0.15) is 5.10 Å². The molecule has 4 rings (SSSR count). The molecular formula is C19H24N6. The van der Waals surface area contributed by atoms with Crippen LogP contribution in [0.2, 0.25) is 0 Å². The molecule has 0 radical (unpaired) electrons. The molecule has 6 heteroatoms. The van der Waals surface area contributed by atoms with E-state index < -0.39 is 0 Å². The number of H-pyrrole nitrogens is 1. The zero-order chi connectivity index (χ0) is 17.1. The van der Waals surface area contributed by atoms with Crippen molar-refractivity contribution in [1.29, 1.82) is 0 Å². The molecule has 1 fully saturated rings. The van der Waals surface area contributed by atoms with Gasteiger partial charge in [-0.3, -0.25) is 10.00 Å². The van der Waals surface area contributed by atoms with Crippen LogP contribution in [0.15, 0.2) is 42.9 Å². The van der Waals surface area contributed by atoms with Crippen molar-refractivity contribution in [3.63, 3.8) is 0 Å². The maximum Gasteiger partial charge on any atom is 0.137 e. The Bertz CT molecular complexity index is 806. The van der Waals surface area contributed by atoms with E-state index in [1.165, 1.54) is 24.0 Å². The van der Waals surface area contributed by atoms with Gasteiger partial charge in [0.25, 0.3) is 0 Å². The number of nitrogens with one attached hydrogen (secondary N) is 1. The number of likely N-dealkylation sites (tertiary alicyclic amines) is 1. The van der Waals surface area contributed by atoms with Crippen molar-refractivity contribution in [1.82, 2.24) is 29.9 Å². The average Bonchev–Trinajstić information content (AvgIpc) is 3.32. The van der Waals surface area contributed by atoms with Gasteiger partial charge >= 0.3 is 0 Å². The molecule has 0 saturated carbocycles. The largest absolute Gasteiger partial charge is 0.318 e. The van der Waals surface area contributed by atoms with Crippen molar-refractivity contribution >= 4 is 0 Å². The first kappa shape index (κ1) is 16.0. The third-order valence-corrected chi connectivity index (χ3v) is 5.03. The van der Waals surface area contributed by atoms with Gasteiger partial charge in [-0.05, 0) is 31.9 Å². The highest BCUT2D eigenvalue weighted by Gasteiger charge is 2.25. The summed E-state index contributed by atoms with van der Waals surface area (Å²) >= 11 is 0. The number of rotatable bonds is 5. The average molecular weight is 336 g/mol. The second-order valence-electron chi connectivity index (χ2n) is 6.69. The second-order valence-corrected chi connectivity index (χ2v) is 6.69. The Kier molecular flexibility index (Phi) is 4.61. The molecule has 1 aliphatic heterocycles. The van der Waals surface area contributed by atoms with Crippen molar-refractivity contribution in [3.05, 3.63) is 54.2 Å². The minimum absolute atomic E-state index is 0.461. The fourth-order valence-electron chi connectivity index (χ4n) is 3.76. The summed E-state index contributed by atoms with van der Waals surface area (Å²) in [7, 11) is 0. The lowest BCUT2D eigenvalue weighted by Crippen LogP contribution is -2.35. The molecule has 1 saturated heterocycles. The van der Waals surface area contributed by atoms with E-state index in [1.807, 2.05) is 18.6 Å². The SMILES string of the molecule is CCn1cnnc1C1CCCN(Cc2cn[nH]c2-c2ccccc2)C1. The summed E-state index contributed by atoms with van der Waals surface area (Å²) in [5, 5.41) is 15.9. The molecule has 2 aromatic heterocycles. The number of benzene rings is 1. The summed E-state index contributed by atoms with van der Waals surface area (Å²) in [5.74, 6) is 1.59. The van der Waals surface area contributed by atoms with Crippen LogP contribution in [0.5, 0.6) is 0 Å². The third-order valence-electron chi connectivity index (χ3n) is 5.03. The van der Waals surface area contributed by atoms with E-state index in [4.69, 9.17) is 0 Å². The Hall–Kier alpha value is -2.47. The van der Waals surface area contributed by atoms with Gasteiger partial charge in [0, 0.05) is 31.1 Å². The number of piperidine rings is 1. The van der Waals surface area contributed by atoms with Gasteiger partial charge in [-0.15, -0.1) is 10.2 Å². The highest BCUT2D eigenvalue weighted by Crippen LogP contribution is 2.28. The van der Waals surface area contributed by atoms with Gasteiger partial charge in [-0.1, -0.05) is 30.3 Å². The summed E-state index contributed by atoms with van der Waals surface area (Å²) in [6.07, 6.45) is 6.18. The molecule has 0 amide bonds. The zero-order valence-corrected chi connectivity index (χ0v) is 14.6. The standard InChI is InChI=1S/C19H24N6/c1-2-25-14-21-23-19(25)16-9-6-10-24(12-16)13-17-11-20-22-18(17)15-7-4-3-5-8-15/h3-5,7-8,11,14,16H,2,6,9-10,12-13H2,1H3,(H,20,22). The van der Waals surface area contributed by atoms with Crippen LogP contribution in [-0.2, 0) is 13.1 Å². The van der Waals surface area contributed by atoms with Crippen LogP contribution in [-0.4, -0.2) is 43.0 Å². The molecular weight excluding hydrogens is 312 g/mol. The van der Waals surface area contributed by atoms with E-state index in [0.717, 1.165) is 37.7 Å². The van der Waals surface area contributed by atoms with E-state index in [2.05, 4.69) is 61.1 Å². The minimum atomic E-state index is 0.461. The minimum Gasteiger partial charge on any atom is -0.318 e. The van der Waals surface area contributed by atoms with Crippen LogP contribution in [0.4, 0.5) is 0 Å². The summed E-state index contributed by atoms with van der Waals surface area (Å²) in [6.45, 7) is 6.13. The Labute approximate surface area is 147 Å². The molecule has 3 aromatic rings. The van der Waals surface area contributed by atoms with Gasteiger partial charge in [0.2, 0.25) is 0 Å². The van der Waals surface area contributed by atoms with E-state index in [1.54, 1.807) is 0 Å². The quantitative estimate of drug-likeness (QED) is 0.778. The lowest BCUT2D eigenvalue weighted by molar-refractivity contribution is 0.195. The van der Waals surface area contributed by atoms with Crippen LogP contribution < -0.4 is 0 Å². The molecule has 1 atom stereocenters. The van der Waals surface area contributed by atoms with Gasteiger partial charge in [0.1, 0.15) is 12.2 Å².